The van der Waals surface area contributed by atoms with Crippen molar-refractivity contribution in [3.05, 3.63) is 212 Å². The van der Waals surface area contributed by atoms with Crippen molar-refractivity contribution < 1.29 is 0 Å². The third-order valence-corrected chi connectivity index (χ3v) is 11.7. The molecule has 5 nitrogen and oxygen atoms in total. The molecule has 276 valence electrons. The Morgan fingerprint density at radius 2 is 0.881 bits per heavy atom. The maximum Gasteiger partial charge on any atom is 0.160 e. The Morgan fingerprint density at radius 3 is 1.58 bits per heavy atom. The maximum absolute atomic E-state index is 5.23. The number of para-hydroxylation sites is 3. The highest BCUT2D eigenvalue weighted by Crippen LogP contribution is 2.44. The highest BCUT2D eigenvalue weighted by molar-refractivity contribution is 6.28. The fourth-order valence-electron chi connectivity index (χ4n) is 9.06. The molecule has 4 heterocycles. The van der Waals surface area contributed by atoms with Crippen molar-refractivity contribution in [2.24, 2.45) is 0 Å². The van der Waals surface area contributed by atoms with Crippen molar-refractivity contribution in [3.63, 3.8) is 0 Å². The second kappa shape index (κ2) is 13.3. The summed E-state index contributed by atoms with van der Waals surface area (Å²) in [6.07, 6.45) is 2.20. The Kier molecular flexibility index (Phi) is 7.47. The Labute approximate surface area is 340 Å². The van der Waals surface area contributed by atoms with Crippen LogP contribution in [0.15, 0.2) is 212 Å². The molecule has 4 aromatic heterocycles. The van der Waals surface area contributed by atoms with Gasteiger partial charge in [-0.25, -0.2) is 9.97 Å². The van der Waals surface area contributed by atoms with Gasteiger partial charge in [0.1, 0.15) is 0 Å². The van der Waals surface area contributed by atoms with Crippen molar-refractivity contribution in [1.82, 2.24) is 23.7 Å². The van der Waals surface area contributed by atoms with E-state index in [4.69, 9.17) is 9.97 Å². The molecule has 8 aromatic carbocycles. The molecule has 59 heavy (non-hydrogen) atoms. The molecular weight excluding hydrogens is 719 g/mol. The molecule has 0 amide bonds. The minimum Gasteiger partial charge on any atom is -0.316 e. The second-order valence-corrected chi connectivity index (χ2v) is 15.0. The molecule has 0 N–H and O–H groups in total. The third kappa shape index (κ3) is 5.25. The lowest BCUT2D eigenvalue weighted by Crippen LogP contribution is -1.99. The average Bonchev–Trinajstić information content (AvgIpc) is 4.00. The van der Waals surface area contributed by atoms with Crippen LogP contribution in [0.1, 0.15) is 0 Å². The summed E-state index contributed by atoms with van der Waals surface area (Å²) in [5.41, 5.74) is 13.9. The first-order chi connectivity index (χ1) is 29.3. The zero-order valence-corrected chi connectivity index (χ0v) is 31.9. The molecule has 12 rings (SSSR count). The fraction of sp³-hybridized carbons (Fsp3) is 0. The smallest absolute Gasteiger partial charge is 0.160 e. The van der Waals surface area contributed by atoms with Crippen molar-refractivity contribution >= 4 is 54.5 Å². The summed E-state index contributed by atoms with van der Waals surface area (Å²) in [5.74, 6) is 0.680. The van der Waals surface area contributed by atoms with E-state index in [9.17, 15) is 0 Å². The topological polar surface area (TPSA) is 40.6 Å². The van der Waals surface area contributed by atoms with Gasteiger partial charge in [0.15, 0.2) is 5.82 Å². The van der Waals surface area contributed by atoms with Crippen LogP contribution in [0.4, 0.5) is 0 Å². The lowest BCUT2D eigenvalue weighted by molar-refractivity contribution is 1.13. The number of benzene rings is 8. The second-order valence-electron chi connectivity index (χ2n) is 15.0. The van der Waals surface area contributed by atoms with Gasteiger partial charge in [0.2, 0.25) is 0 Å². The monoisotopic (exact) mass is 753 g/mol. The molecule has 0 unspecified atom stereocenters. The van der Waals surface area contributed by atoms with Crippen molar-refractivity contribution in [2.75, 3.05) is 0 Å². The van der Waals surface area contributed by atoms with Crippen LogP contribution in [-0.4, -0.2) is 23.7 Å². The van der Waals surface area contributed by atoms with E-state index >= 15 is 0 Å². The molecule has 0 aliphatic rings. The zero-order chi connectivity index (χ0) is 38.9. The Bertz CT molecular complexity index is 3470. The largest absolute Gasteiger partial charge is 0.316 e. The number of hydrogen-bond donors (Lipinski definition) is 0. The van der Waals surface area contributed by atoms with Gasteiger partial charge in [0.05, 0.1) is 39.0 Å². The van der Waals surface area contributed by atoms with E-state index in [1.807, 2.05) is 12.1 Å². The van der Waals surface area contributed by atoms with E-state index in [2.05, 4.69) is 214 Å². The summed E-state index contributed by atoms with van der Waals surface area (Å²) in [5, 5.41) is 6.02. The molecule has 0 atom stereocenters. The van der Waals surface area contributed by atoms with Crippen LogP contribution in [0.2, 0.25) is 0 Å². The van der Waals surface area contributed by atoms with Gasteiger partial charge in [0, 0.05) is 66.9 Å². The van der Waals surface area contributed by atoms with Crippen molar-refractivity contribution in [2.45, 2.75) is 0 Å². The minimum absolute atomic E-state index is 0.680. The van der Waals surface area contributed by atoms with Crippen LogP contribution < -0.4 is 0 Å². The van der Waals surface area contributed by atoms with Gasteiger partial charge < -0.3 is 13.7 Å². The first-order valence-electron chi connectivity index (χ1n) is 20.0. The number of hydrogen-bond acceptors (Lipinski definition) is 2. The van der Waals surface area contributed by atoms with Crippen molar-refractivity contribution in [3.8, 4) is 51.0 Å². The number of rotatable bonds is 6. The summed E-state index contributed by atoms with van der Waals surface area (Å²) in [6.45, 7) is 0. The van der Waals surface area contributed by atoms with Crippen molar-refractivity contribution in [1.29, 1.82) is 0 Å². The van der Waals surface area contributed by atoms with E-state index < -0.39 is 0 Å². The Morgan fingerprint density at radius 1 is 0.322 bits per heavy atom. The molecule has 0 aliphatic carbocycles. The summed E-state index contributed by atoms with van der Waals surface area (Å²) >= 11 is 0. The number of fused-ring (bicyclic) bond motifs is 9. The van der Waals surface area contributed by atoms with Gasteiger partial charge in [-0.3, -0.25) is 0 Å². The molecule has 0 saturated heterocycles. The highest BCUT2D eigenvalue weighted by atomic mass is 15.0. The van der Waals surface area contributed by atoms with E-state index in [0.29, 0.717) is 5.82 Å². The average molecular weight is 754 g/mol. The van der Waals surface area contributed by atoms with Gasteiger partial charge in [-0.1, -0.05) is 140 Å². The predicted molar refractivity (Wildman–Crippen MR) is 244 cm³/mol. The van der Waals surface area contributed by atoms with Gasteiger partial charge in [-0.15, -0.1) is 0 Å². The van der Waals surface area contributed by atoms with Crippen LogP contribution in [0.5, 0.6) is 0 Å². The van der Waals surface area contributed by atoms with Crippen LogP contribution >= 0.6 is 0 Å². The quantitative estimate of drug-likeness (QED) is 0.170. The first-order valence-corrected chi connectivity index (χ1v) is 20.0. The molecule has 0 saturated carbocycles. The summed E-state index contributed by atoms with van der Waals surface area (Å²) < 4.78 is 7.19. The van der Waals surface area contributed by atoms with Gasteiger partial charge in [0.25, 0.3) is 0 Å². The molecule has 0 aliphatic heterocycles. The third-order valence-electron chi connectivity index (χ3n) is 11.7. The maximum atomic E-state index is 5.23. The van der Waals surface area contributed by atoms with E-state index in [-0.39, 0.29) is 0 Å². The van der Waals surface area contributed by atoms with Gasteiger partial charge in [-0.2, -0.15) is 0 Å². The molecular formula is C54H35N5. The molecule has 0 radical (unpaired) electrons. The molecule has 0 spiro atoms. The van der Waals surface area contributed by atoms with Crippen LogP contribution in [0, 0.1) is 0 Å². The summed E-state index contributed by atoms with van der Waals surface area (Å²) in [4.78, 5) is 10.5. The lowest BCUT2D eigenvalue weighted by Gasteiger charge is -2.13. The molecule has 0 bridgehead atoms. The molecule has 5 heteroatoms. The molecule has 0 fully saturated rings. The van der Waals surface area contributed by atoms with E-state index in [1.165, 1.54) is 38.0 Å². The van der Waals surface area contributed by atoms with Crippen LogP contribution in [0.25, 0.3) is 105 Å². The zero-order valence-electron chi connectivity index (χ0n) is 31.9. The van der Waals surface area contributed by atoms with Crippen LogP contribution in [0.3, 0.4) is 0 Å². The van der Waals surface area contributed by atoms with Crippen LogP contribution in [-0.2, 0) is 0 Å². The number of aromatic nitrogens is 5. The highest BCUT2D eigenvalue weighted by Gasteiger charge is 2.23. The van der Waals surface area contributed by atoms with Gasteiger partial charge >= 0.3 is 0 Å². The van der Waals surface area contributed by atoms with E-state index in [1.54, 1.807) is 0 Å². The Hall–Kier alpha value is -8.02. The fourth-order valence-corrected chi connectivity index (χ4v) is 9.06. The SMILES string of the molecule is c1ccc(-c2cc(-c3ccccc3)nc(-c3cccc(-n4c5c(ccc6c5ccn6-c5ccccc5)c5ccc6c(c7ccccc7n6-c6ccccc6)c54)c3)n2)cc1. The summed E-state index contributed by atoms with van der Waals surface area (Å²) in [6, 6.07) is 73.2. The number of nitrogens with zero attached hydrogens (tertiary/aromatic N) is 5. The van der Waals surface area contributed by atoms with E-state index in [0.717, 1.165) is 61.7 Å². The Balaban J connectivity index is 1.18. The molecule has 12 aromatic rings. The summed E-state index contributed by atoms with van der Waals surface area (Å²) in [7, 11) is 0. The minimum atomic E-state index is 0.680. The lowest BCUT2D eigenvalue weighted by atomic mass is 10.1. The predicted octanol–water partition coefficient (Wildman–Crippen LogP) is 13.6. The first kappa shape index (κ1) is 33.2. The van der Waals surface area contributed by atoms with Gasteiger partial charge in [-0.05, 0) is 66.7 Å². The normalized spacial score (nSPS) is 11.7. The standard InChI is InChI=1S/C54H35N5/c1-5-16-36(17-6-1)46-35-47(37-18-7-2-8-19-37)56-54(55-46)38-20-15-25-41(34-38)59-52-42(28-30-48-45(52)32-33-57(48)39-21-9-3-10-22-39)43-29-31-50-51(53(43)59)44-26-13-14-27-49(44)58(50)40-23-11-4-12-24-40/h1-35H.